The highest BCUT2D eigenvalue weighted by Gasteiger charge is 2.24. The van der Waals surface area contributed by atoms with Crippen molar-refractivity contribution in [3.8, 4) is 0 Å². The molecule has 4 heteroatoms. The van der Waals surface area contributed by atoms with Gasteiger partial charge in [0.1, 0.15) is 11.6 Å². The van der Waals surface area contributed by atoms with Crippen molar-refractivity contribution in [1.82, 2.24) is 9.97 Å². The van der Waals surface area contributed by atoms with E-state index in [1.165, 1.54) is 42.5 Å². The number of aromatic nitrogens is 2. The highest BCUT2D eigenvalue weighted by molar-refractivity contribution is 5.48. The maximum atomic E-state index is 5.66. The van der Waals surface area contributed by atoms with E-state index < -0.39 is 0 Å². The van der Waals surface area contributed by atoms with Crippen molar-refractivity contribution in [3.05, 3.63) is 53.0 Å². The van der Waals surface area contributed by atoms with Crippen LogP contribution in [0.25, 0.3) is 0 Å². The molecule has 0 unspecified atom stereocenters. The van der Waals surface area contributed by atoms with Crippen LogP contribution in [-0.4, -0.2) is 23.2 Å². The van der Waals surface area contributed by atoms with Crippen molar-refractivity contribution in [2.75, 3.05) is 18.5 Å². The lowest BCUT2D eigenvalue weighted by molar-refractivity contribution is 0.146. The fourth-order valence-corrected chi connectivity index (χ4v) is 3.76. The minimum absolute atomic E-state index is 0.539. The molecular formula is C20H25N3O. The van der Waals surface area contributed by atoms with Crippen LogP contribution in [0.2, 0.25) is 0 Å². The van der Waals surface area contributed by atoms with Gasteiger partial charge in [-0.25, -0.2) is 9.97 Å². The lowest BCUT2D eigenvalue weighted by Gasteiger charge is -2.17. The van der Waals surface area contributed by atoms with E-state index in [0.29, 0.717) is 5.92 Å². The van der Waals surface area contributed by atoms with Crippen molar-refractivity contribution >= 4 is 5.82 Å². The van der Waals surface area contributed by atoms with E-state index in [1.54, 1.807) is 0 Å². The smallest absolute Gasteiger partial charge is 0.134 e. The van der Waals surface area contributed by atoms with Gasteiger partial charge in [-0.1, -0.05) is 43.2 Å². The number of benzene rings is 1. The summed E-state index contributed by atoms with van der Waals surface area (Å²) in [4.78, 5) is 9.89. The molecule has 2 aliphatic rings. The van der Waals surface area contributed by atoms with Crippen molar-refractivity contribution in [3.63, 3.8) is 0 Å². The number of hydrogen-bond acceptors (Lipinski definition) is 4. The Balaban J connectivity index is 1.63. The summed E-state index contributed by atoms with van der Waals surface area (Å²) in [7, 11) is 0. The Morgan fingerprint density at radius 3 is 2.62 bits per heavy atom. The number of fused-ring (bicyclic) bond motifs is 1. The molecule has 1 N–H and O–H groups in total. The lowest BCUT2D eigenvalue weighted by atomic mass is 10.0. The summed E-state index contributed by atoms with van der Waals surface area (Å²) < 4.78 is 5.66. The maximum absolute atomic E-state index is 5.66. The molecule has 0 spiro atoms. The normalized spacial score (nSPS) is 18.2. The van der Waals surface area contributed by atoms with E-state index in [9.17, 15) is 0 Å². The van der Waals surface area contributed by atoms with Gasteiger partial charge in [0.15, 0.2) is 0 Å². The van der Waals surface area contributed by atoms with Crippen LogP contribution < -0.4 is 5.32 Å². The van der Waals surface area contributed by atoms with Gasteiger partial charge in [-0.3, -0.25) is 0 Å². The molecular weight excluding hydrogens is 298 g/mol. The molecule has 4 rings (SSSR count). The number of hydrogen-bond donors (Lipinski definition) is 1. The predicted octanol–water partition coefficient (Wildman–Crippen LogP) is 3.86. The summed E-state index contributed by atoms with van der Waals surface area (Å²) in [6.45, 7) is 2.33. The monoisotopic (exact) mass is 323 g/mol. The number of anilines is 1. The van der Waals surface area contributed by atoms with Crippen LogP contribution in [0.15, 0.2) is 30.3 Å². The first-order chi connectivity index (χ1) is 11.9. The van der Waals surface area contributed by atoms with E-state index in [1.807, 2.05) is 0 Å². The van der Waals surface area contributed by atoms with Crippen LogP contribution in [0, 0.1) is 0 Å². The van der Waals surface area contributed by atoms with E-state index >= 15 is 0 Å². The molecule has 0 saturated heterocycles. The average molecular weight is 323 g/mol. The van der Waals surface area contributed by atoms with Crippen LogP contribution in [0.3, 0.4) is 0 Å². The van der Waals surface area contributed by atoms with Gasteiger partial charge in [0.05, 0.1) is 18.9 Å². The third-order valence-electron chi connectivity index (χ3n) is 5.11. The summed E-state index contributed by atoms with van der Waals surface area (Å²) in [6.07, 6.45) is 6.87. The summed E-state index contributed by atoms with van der Waals surface area (Å²) in [6, 6.07) is 10.5. The van der Waals surface area contributed by atoms with Crippen molar-refractivity contribution in [2.24, 2.45) is 0 Å². The Kier molecular flexibility index (Phi) is 4.74. The molecule has 1 fully saturated rings. The molecule has 0 amide bonds. The molecule has 1 aliphatic heterocycles. The molecule has 1 saturated carbocycles. The molecule has 126 valence electrons. The van der Waals surface area contributed by atoms with Crippen LogP contribution in [0.4, 0.5) is 5.82 Å². The van der Waals surface area contributed by atoms with E-state index in [0.717, 1.165) is 44.2 Å². The Bertz CT molecular complexity index is 681. The minimum Gasteiger partial charge on any atom is -0.381 e. The Morgan fingerprint density at radius 2 is 1.79 bits per heavy atom. The van der Waals surface area contributed by atoms with Crippen molar-refractivity contribution in [2.45, 2.75) is 51.0 Å². The first kappa shape index (κ1) is 15.6. The van der Waals surface area contributed by atoms with Crippen LogP contribution >= 0.6 is 0 Å². The van der Waals surface area contributed by atoms with Gasteiger partial charge in [-0.05, 0) is 18.4 Å². The van der Waals surface area contributed by atoms with Crippen LogP contribution in [-0.2, 0) is 24.1 Å². The second kappa shape index (κ2) is 7.31. The molecule has 1 aromatic carbocycles. The Hall–Kier alpha value is -1.94. The summed E-state index contributed by atoms with van der Waals surface area (Å²) >= 11 is 0. The maximum Gasteiger partial charge on any atom is 0.134 e. The molecule has 1 aromatic heterocycles. The second-order valence-corrected chi connectivity index (χ2v) is 6.79. The molecule has 0 radical (unpaired) electrons. The molecule has 4 nitrogen and oxygen atoms in total. The highest BCUT2D eigenvalue weighted by atomic mass is 16.5. The quantitative estimate of drug-likeness (QED) is 0.928. The average Bonchev–Trinajstić information content (AvgIpc) is 3.06. The predicted molar refractivity (Wildman–Crippen MR) is 95.2 cm³/mol. The van der Waals surface area contributed by atoms with Crippen molar-refractivity contribution in [1.29, 1.82) is 0 Å². The molecule has 24 heavy (non-hydrogen) atoms. The summed E-state index contributed by atoms with van der Waals surface area (Å²) in [5.74, 6) is 2.61. The second-order valence-electron chi connectivity index (χ2n) is 6.79. The highest BCUT2D eigenvalue weighted by Crippen LogP contribution is 2.34. The van der Waals surface area contributed by atoms with E-state index in [4.69, 9.17) is 14.7 Å². The lowest BCUT2D eigenvalue weighted by Crippen LogP contribution is -2.13. The third-order valence-corrected chi connectivity index (χ3v) is 5.11. The summed E-state index contributed by atoms with van der Waals surface area (Å²) in [5.41, 5.74) is 3.72. The van der Waals surface area contributed by atoms with Gasteiger partial charge >= 0.3 is 0 Å². The fourth-order valence-electron chi connectivity index (χ4n) is 3.76. The molecule has 1 aliphatic carbocycles. The zero-order valence-corrected chi connectivity index (χ0v) is 14.1. The minimum atomic E-state index is 0.539. The van der Waals surface area contributed by atoms with Crippen LogP contribution in [0.1, 0.15) is 54.2 Å². The zero-order valence-electron chi connectivity index (χ0n) is 14.1. The van der Waals surface area contributed by atoms with Gasteiger partial charge in [-0.2, -0.15) is 0 Å². The SMILES string of the molecule is c1ccc(CNc2nc(C3CCCC3)nc3c2CCOCC3)cc1. The molecule has 0 bridgehead atoms. The van der Waals surface area contributed by atoms with Crippen LogP contribution in [0.5, 0.6) is 0 Å². The molecule has 2 heterocycles. The molecule has 0 atom stereocenters. The first-order valence-electron chi connectivity index (χ1n) is 9.15. The Labute approximate surface area is 143 Å². The van der Waals surface area contributed by atoms with E-state index in [2.05, 4.69) is 35.6 Å². The largest absolute Gasteiger partial charge is 0.381 e. The van der Waals surface area contributed by atoms with Gasteiger partial charge < -0.3 is 10.1 Å². The number of ether oxygens (including phenoxy) is 1. The number of nitrogens with zero attached hydrogens (tertiary/aromatic N) is 2. The van der Waals surface area contributed by atoms with Gasteiger partial charge in [-0.15, -0.1) is 0 Å². The number of rotatable bonds is 4. The first-order valence-corrected chi connectivity index (χ1v) is 9.15. The summed E-state index contributed by atoms with van der Waals surface area (Å²) in [5, 5.41) is 3.57. The van der Waals surface area contributed by atoms with Gasteiger partial charge in [0.25, 0.3) is 0 Å². The van der Waals surface area contributed by atoms with Gasteiger partial charge in [0, 0.05) is 30.9 Å². The topological polar surface area (TPSA) is 47.0 Å². The number of nitrogens with one attached hydrogen (secondary N) is 1. The van der Waals surface area contributed by atoms with E-state index in [-0.39, 0.29) is 0 Å². The fraction of sp³-hybridized carbons (Fsp3) is 0.500. The Morgan fingerprint density at radius 1 is 1.00 bits per heavy atom. The van der Waals surface area contributed by atoms with Crippen molar-refractivity contribution < 1.29 is 4.74 Å². The zero-order chi connectivity index (χ0) is 16.2. The van der Waals surface area contributed by atoms with Gasteiger partial charge in [0.2, 0.25) is 0 Å². The third kappa shape index (κ3) is 3.44. The standard InChI is InChI=1S/C20H25N3O/c1-2-6-15(7-3-1)14-21-20-17-10-12-24-13-11-18(17)22-19(23-20)16-8-4-5-9-16/h1-3,6-7,16H,4-5,8-14H2,(H,21,22,23). The molecule has 2 aromatic rings.